The van der Waals surface area contributed by atoms with E-state index in [1.54, 1.807) is 0 Å². The topological polar surface area (TPSA) is 55.4 Å². The molecule has 0 saturated heterocycles. The lowest BCUT2D eigenvalue weighted by molar-refractivity contribution is 0.102. The molecule has 14 heavy (non-hydrogen) atoms. The lowest BCUT2D eigenvalue weighted by Crippen LogP contribution is -2.50. The number of nitrogens with zero attached hydrogens (tertiary/aromatic N) is 1. The van der Waals surface area contributed by atoms with Gasteiger partial charge in [-0.2, -0.15) is 4.91 Å². The third kappa shape index (κ3) is 1.22. The van der Waals surface area contributed by atoms with Crippen LogP contribution in [-0.4, -0.2) is 11.6 Å². The van der Waals surface area contributed by atoms with E-state index in [0.29, 0.717) is 11.8 Å². The van der Waals surface area contributed by atoms with E-state index in [1.807, 2.05) is 0 Å². The van der Waals surface area contributed by atoms with Gasteiger partial charge in [-0.25, -0.2) is 0 Å². The van der Waals surface area contributed by atoms with E-state index in [1.165, 1.54) is 19.3 Å². The molecule has 4 saturated carbocycles. The van der Waals surface area contributed by atoms with Crippen LogP contribution in [0, 0.1) is 22.7 Å². The standard InChI is InChI=1S/C11H18N2O/c12-11-4-7-1-8(5-11)3-10(13-14)9(2-7)6-11/h7-10H,1-6,12H2. The molecule has 0 heterocycles. The van der Waals surface area contributed by atoms with Gasteiger partial charge in [0.05, 0.1) is 6.04 Å². The van der Waals surface area contributed by atoms with Gasteiger partial charge in [-0.15, -0.1) is 0 Å². The van der Waals surface area contributed by atoms with Gasteiger partial charge in [-0.1, -0.05) is 5.18 Å². The van der Waals surface area contributed by atoms with Crippen LogP contribution in [0.1, 0.15) is 38.5 Å². The molecule has 3 nitrogen and oxygen atoms in total. The third-order valence-electron chi connectivity index (χ3n) is 4.62. The van der Waals surface area contributed by atoms with Crippen molar-refractivity contribution >= 4 is 0 Å². The Morgan fingerprint density at radius 3 is 2.43 bits per heavy atom. The molecule has 0 amide bonds. The Labute approximate surface area is 84.4 Å². The average Bonchev–Trinajstić information content (AvgIpc) is 2.26. The van der Waals surface area contributed by atoms with E-state index >= 15 is 0 Å². The smallest absolute Gasteiger partial charge is 0.0951 e. The van der Waals surface area contributed by atoms with E-state index in [0.717, 1.165) is 25.2 Å². The molecule has 4 bridgehead atoms. The summed E-state index contributed by atoms with van der Waals surface area (Å²) in [6, 6.07) is 0.0794. The fraction of sp³-hybridized carbons (Fsp3) is 1.00. The fourth-order valence-corrected chi connectivity index (χ4v) is 4.39. The summed E-state index contributed by atoms with van der Waals surface area (Å²) in [5.41, 5.74) is 6.46. The monoisotopic (exact) mass is 194 g/mol. The van der Waals surface area contributed by atoms with Crippen LogP contribution in [-0.2, 0) is 0 Å². The highest BCUT2D eigenvalue weighted by molar-refractivity contribution is 5.05. The van der Waals surface area contributed by atoms with Crippen molar-refractivity contribution in [2.24, 2.45) is 28.7 Å². The molecule has 78 valence electrons. The predicted molar refractivity (Wildman–Crippen MR) is 54.7 cm³/mol. The molecule has 0 aromatic carbocycles. The van der Waals surface area contributed by atoms with Crippen LogP contribution >= 0.6 is 0 Å². The van der Waals surface area contributed by atoms with Gasteiger partial charge >= 0.3 is 0 Å². The number of nitroso groups, excluding NO2 is 1. The van der Waals surface area contributed by atoms with Gasteiger partial charge in [0, 0.05) is 5.54 Å². The Bertz CT molecular complexity index is 268. The zero-order valence-electron chi connectivity index (χ0n) is 8.48. The van der Waals surface area contributed by atoms with Crippen molar-refractivity contribution in [3.05, 3.63) is 4.91 Å². The largest absolute Gasteiger partial charge is 0.325 e. The number of nitrogens with two attached hydrogens (primary N) is 1. The first-order chi connectivity index (χ1) is 6.68. The molecule has 4 rings (SSSR count). The van der Waals surface area contributed by atoms with Crippen LogP contribution in [0.15, 0.2) is 5.18 Å². The lowest BCUT2D eigenvalue weighted by atomic mass is 9.63. The number of fused-ring (bicyclic) bond motifs is 1. The summed E-state index contributed by atoms with van der Waals surface area (Å²) in [5, 5.41) is 3.33. The molecular formula is C11H18N2O. The van der Waals surface area contributed by atoms with Crippen LogP contribution in [0.3, 0.4) is 0 Å². The van der Waals surface area contributed by atoms with Crippen molar-refractivity contribution in [3.8, 4) is 0 Å². The van der Waals surface area contributed by atoms with Crippen molar-refractivity contribution in [2.45, 2.75) is 50.1 Å². The number of hydrogen-bond donors (Lipinski definition) is 1. The molecule has 5 unspecified atom stereocenters. The Morgan fingerprint density at radius 2 is 1.79 bits per heavy atom. The zero-order valence-corrected chi connectivity index (χ0v) is 8.48. The molecule has 5 atom stereocenters. The van der Waals surface area contributed by atoms with E-state index < -0.39 is 0 Å². The molecular weight excluding hydrogens is 176 g/mol. The van der Waals surface area contributed by atoms with Gasteiger partial charge in [0.2, 0.25) is 0 Å². The van der Waals surface area contributed by atoms with Gasteiger partial charge in [0.25, 0.3) is 0 Å². The molecule has 0 aliphatic heterocycles. The Kier molecular flexibility index (Phi) is 1.76. The number of hydrogen-bond acceptors (Lipinski definition) is 3. The van der Waals surface area contributed by atoms with E-state index in [-0.39, 0.29) is 11.6 Å². The minimum absolute atomic E-state index is 0.0654. The van der Waals surface area contributed by atoms with Crippen LogP contribution in [0.2, 0.25) is 0 Å². The van der Waals surface area contributed by atoms with Crippen LogP contribution in [0.4, 0.5) is 0 Å². The van der Waals surface area contributed by atoms with Crippen LogP contribution in [0.25, 0.3) is 0 Å². The summed E-state index contributed by atoms with van der Waals surface area (Å²) in [4.78, 5) is 10.8. The molecule has 0 radical (unpaired) electrons. The Balaban J connectivity index is 1.95. The van der Waals surface area contributed by atoms with E-state index in [4.69, 9.17) is 5.73 Å². The SMILES string of the molecule is NC12CC3CC(CC(N=O)C(C3)C1)C2. The van der Waals surface area contributed by atoms with Crippen molar-refractivity contribution in [1.82, 2.24) is 0 Å². The fourth-order valence-electron chi connectivity index (χ4n) is 4.39. The second kappa shape index (κ2) is 2.78. The summed E-state index contributed by atoms with van der Waals surface area (Å²) in [7, 11) is 0. The van der Waals surface area contributed by atoms with E-state index in [2.05, 4.69) is 5.18 Å². The molecule has 0 aromatic heterocycles. The Morgan fingerprint density at radius 1 is 1.07 bits per heavy atom. The second-order valence-electron chi connectivity index (χ2n) is 5.85. The summed E-state index contributed by atoms with van der Waals surface area (Å²) < 4.78 is 0. The van der Waals surface area contributed by atoms with Crippen molar-refractivity contribution in [2.75, 3.05) is 0 Å². The highest BCUT2D eigenvalue weighted by Crippen LogP contribution is 2.52. The number of rotatable bonds is 1. The second-order valence-corrected chi connectivity index (χ2v) is 5.85. The lowest BCUT2D eigenvalue weighted by Gasteiger charge is -2.45. The summed E-state index contributed by atoms with van der Waals surface area (Å²) in [6.07, 6.45) is 6.94. The maximum absolute atomic E-state index is 10.8. The van der Waals surface area contributed by atoms with Crippen molar-refractivity contribution in [3.63, 3.8) is 0 Å². The highest BCUT2D eigenvalue weighted by atomic mass is 16.3. The Hall–Kier alpha value is -0.440. The van der Waals surface area contributed by atoms with Crippen LogP contribution in [0.5, 0.6) is 0 Å². The van der Waals surface area contributed by atoms with Crippen molar-refractivity contribution in [1.29, 1.82) is 0 Å². The minimum Gasteiger partial charge on any atom is -0.325 e. The first kappa shape index (κ1) is 8.84. The molecule has 3 heteroatoms. The van der Waals surface area contributed by atoms with Crippen LogP contribution < -0.4 is 5.73 Å². The van der Waals surface area contributed by atoms with Crippen molar-refractivity contribution < 1.29 is 0 Å². The third-order valence-corrected chi connectivity index (χ3v) is 4.62. The van der Waals surface area contributed by atoms with E-state index in [9.17, 15) is 4.91 Å². The summed E-state index contributed by atoms with van der Waals surface area (Å²) in [5.74, 6) is 1.99. The molecule has 2 N–H and O–H groups in total. The van der Waals surface area contributed by atoms with Gasteiger partial charge in [0.1, 0.15) is 0 Å². The van der Waals surface area contributed by atoms with Gasteiger partial charge < -0.3 is 5.73 Å². The van der Waals surface area contributed by atoms with Gasteiger partial charge in [-0.05, 0) is 56.3 Å². The average molecular weight is 194 g/mol. The molecule has 4 aliphatic carbocycles. The summed E-state index contributed by atoms with van der Waals surface area (Å²) in [6.45, 7) is 0. The summed E-state index contributed by atoms with van der Waals surface area (Å²) >= 11 is 0. The quantitative estimate of drug-likeness (QED) is 0.649. The minimum atomic E-state index is 0.0654. The first-order valence-electron chi connectivity index (χ1n) is 5.80. The zero-order chi connectivity index (χ0) is 9.76. The maximum Gasteiger partial charge on any atom is 0.0951 e. The van der Waals surface area contributed by atoms with Gasteiger partial charge in [-0.3, -0.25) is 0 Å². The first-order valence-corrected chi connectivity index (χ1v) is 5.80. The molecule has 0 aromatic rings. The highest BCUT2D eigenvalue weighted by Gasteiger charge is 2.49. The molecule has 0 spiro atoms. The molecule has 4 aliphatic rings. The van der Waals surface area contributed by atoms with Gasteiger partial charge in [0.15, 0.2) is 0 Å². The maximum atomic E-state index is 10.8. The molecule has 4 fully saturated rings. The normalized spacial score (nSPS) is 55.8. The predicted octanol–water partition coefficient (Wildman–Crippen LogP) is 2.05.